The molecule has 3 nitrogen and oxygen atoms in total. The minimum atomic E-state index is -0.827. The molecular weight excluding hydrogens is 335 g/mol. The van der Waals surface area contributed by atoms with Gasteiger partial charge in [-0.1, -0.05) is 42.1 Å². The van der Waals surface area contributed by atoms with Crippen LogP contribution in [0.15, 0.2) is 6.07 Å². The number of ether oxygens (including phenoxy) is 1. The maximum atomic E-state index is 12.7. The lowest BCUT2D eigenvalue weighted by Gasteiger charge is -2.34. The van der Waals surface area contributed by atoms with E-state index in [2.05, 4.69) is 0 Å². The minimum Gasteiger partial charge on any atom is -0.468 e. The van der Waals surface area contributed by atoms with E-state index < -0.39 is 5.41 Å². The van der Waals surface area contributed by atoms with Crippen molar-refractivity contribution in [1.82, 2.24) is 0 Å². The van der Waals surface area contributed by atoms with Gasteiger partial charge in [0.1, 0.15) is 0 Å². The molecule has 0 aliphatic heterocycles. The molecule has 1 unspecified atom stereocenters. The smallest absolute Gasteiger partial charge is 0.316 e. The molecule has 0 aromatic heterocycles. The number of halogens is 2. The molecule has 0 N–H and O–H groups in total. The van der Waals surface area contributed by atoms with Crippen LogP contribution in [-0.2, 0) is 21.4 Å². The second-order valence-electron chi connectivity index (χ2n) is 6.68. The molecule has 124 valence electrons. The number of fused-ring (bicyclic) bond motifs is 1. The van der Waals surface area contributed by atoms with Crippen LogP contribution in [0.3, 0.4) is 0 Å². The fraction of sp³-hybridized carbons (Fsp3) is 0.556. The number of methoxy groups -OCH3 is 1. The van der Waals surface area contributed by atoms with Gasteiger partial charge in [-0.15, -0.1) is 0 Å². The number of benzene rings is 1. The summed E-state index contributed by atoms with van der Waals surface area (Å²) in [6, 6.07) is 1.91. The highest BCUT2D eigenvalue weighted by molar-refractivity contribution is 6.45. The van der Waals surface area contributed by atoms with Crippen molar-refractivity contribution in [3.63, 3.8) is 0 Å². The molecule has 0 saturated heterocycles. The van der Waals surface area contributed by atoms with Crippen LogP contribution >= 0.6 is 23.2 Å². The van der Waals surface area contributed by atoms with Gasteiger partial charge >= 0.3 is 5.97 Å². The summed E-state index contributed by atoms with van der Waals surface area (Å²) in [5.74, 6) is -0.0793. The van der Waals surface area contributed by atoms with Crippen LogP contribution < -0.4 is 0 Å². The Kier molecular flexibility index (Phi) is 4.45. The highest BCUT2D eigenvalue weighted by Gasteiger charge is 2.47. The van der Waals surface area contributed by atoms with Gasteiger partial charge in [0, 0.05) is 12.0 Å². The summed E-state index contributed by atoms with van der Waals surface area (Å²) >= 11 is 12.9. The molecule has 0 amide bonds. The third kappa shape index (κ3) is 2.49. The summed E-state index contributed by atoms with van der Waals surface area (Å²) in [6.45, 7) is 1.90. The zero-order valence-electron chi connectivity index (χ0n) is 13.4. The van der Waals surface area contributed by atoms with E-state index in [1.54, 1.807) is 0 Å². The van der Waals surface area contributed by atoms with Gasteiger partial charge in [-0.05, 0) is 43.2 Å². The average Bonchev–Trinajstić information content (AvgIpc) is 3.19. The van der Waals surface area contributed by atoms with Crippen molar-refractivity contribution in [3.8, 4) is 0 Å². The maximum Gasteiger partial charge on any atom is 0.316 e. The Morgan fingerprint density at radius 2 is 1.87 bits per heavy atom. The molecule has 5 heteroatoms. The standard InChI is InChI=1S/C18H20Cl2O3/c1-18(17(22)23-2,11-5-3-4-6-11)12-9-10-7-8-13(21)14(10)16(20)15(12)19/h9,11H,3-8H2,1-2H3. The number of esters is 1. The predicted molar refractivity (Wildman–Crippen MR) is 90.4 cm³/mol. The van der Waals surface area contributed by atoms with Gasteiger partial charge < -0.3 is 4.74 Å². The molecule has 3 rings (SSSR count). The molecule has 1 saturated carbocycles. The Hall–Kier alpha value is -1.06. The van der Waals surface area contributed by atoms with E-state index in [0.29, 0.717) is 29.0 Å². The van der Waals surface area contributed by atoms with Gasteiger partial charge in [-0.2, -0.15) is 0 Å². The van der Waals surface area contributed by atoms with Gasteiger partial charge in [-0.3, -0.25) is 9.59 Å². The summed E-state index contributed by atoms with van der Waals surface area (Å²) in [6.07, 6.45) is 5.25. The number of hydrogen-bond donors (Lipinski definition) is 0. The zero-order valence-corrected chi connectivity index (χ0v) is 14.9. The molecular formula is C18H20Cl2O3. The number of ketones is 1. The maximum absolute atomic E-state index is 12.7. The lowest BCUT2D eigenvalue weighted by Crippen LogP contribution is -2.40. The molecule has 0 heterocycles. The highest BCUT2D eigenvalue weighted by Crippen LogP contribution is 2.48. The summed E-state index contributed by atoms with van der Waals surface area (Å²) in [5, 5.41) is 0.607. The number of rotatable bonds is 3. The van der Waals surface area contributed by atoms with Crippen LogP contribution in [0.5, 0.6) is 0 Å². The monoisotopic (exact) mass is 354 g/mol. The molecule has 2 aliphatic carbocycles. The van der Waals surface area contributed by atoms with Crippen LogP contribution in [-0.4, -0.2) is 18.9 Å². The second-order valence-corrected chi connectivity index (χ2v) is 7.44. The van der Waals surface area contributed by atoms with Crippen molar-refractivity contribution >= 4 is 35.0 Å². The number of hydrogen-bond acceptors (Lipinski definition) is 3. The Labute approximate surface area is 146 Å². The molecule has 2 aliphatic rings. The van der Waals surface area contributed by atoms with Crippen molar-refractivity contribution in [2.24, 2.45) is 5.92 Å². The molecule has 0 bridgehead atoms. The fourth-order valence-corrected chi connectivity index (χ4v) is 4.81. The SMILES string of the molecule is COC(=O)C(C)(c1cc2c(c(Cl)c1Cl)C(=O)CC2)C1CCCC1. The number of carbonyl (C=O) groups is 2. The summed E-state index contributed by atoms with van der Waals surface area (Å²) in [5.41, 5.74) is 1.30. The van der Waals surface area contributed by atoms with Crippen molar-refractivity contribution in [2.45, 2.75) is 50.9 Å². The first-order valence-corrected chi connectivity index (χ1v) is 8.79. The van der Waals surface area contributed by atoms with Crippen molar-refractivity contribution in [2.75, 3.05) is 7.11 Å². The largest absolute Gasteiger partial charge is 0.468 e. The van der Waals surface area contributed by atoms with Gasteiger partial charge in [0.15, 0.2) is 5.78 Å². The second kappa shape index (κ2) is 6.10. The van der Waals surface area contributed by atoms with E-state index >= 15 is 0 Å². The van der Waals surface area contributed by atoms with Crippen LogP contribution in [0, 0.1) is 5.92 Å². The number of Topliss-reactive ketones (excluding diaryl/α,β-unsaturated/α-hetero) is 1. The van der Waals surface area contributed by atoms with E-state index in [9.17, 15) is 9.59 Å². The van der Waals surface area contributed by atoms with Gasteiger partial charge in [-0.25, -0.2) is 0 Å². The van der Waals surface area contributed by atoms with Crippen LogP contribution in [0.2, 0.25) is 10.0 Å². The van der Waals surface area contributed by atoms with Crippen LogP contribution in [0.1, 0.15) is 60.5 Å². The quantitative estimate of drug-likeness (QED) is 0.736. The number of carbonyl (C=O) groups excluding carboxylic acids is 2. The summed E-state index contributed by atoms with van der Waals surface area (Å²) in [7, 11) is 1.40. The Bertz CT molecular complexity index is 677. The van der Waals surface area contributed by atoms with Crippen molar-refractivity contribution in [3.05, 3.63) is 32.8 Å². The lowest BCUT2D eigenvalue weighted by atomic mass is 9.70. The van der Waals surface area contributed by atoms with E-state index in [1.807, 2.05) is 13.0 Å². The Balaban J connectivity index is 2.19. The molecule has 1 fully saturated rings. The van der Waals surface area contributed by atoms with E-state index in [0.717, 1.165) is 31.2 Å². The predicted octanol–water partition coefficient (Wildman–Crippen LogP) is 4.74. The zero-order chi connectivity index (χ0) is 16.8. The first-order valence-electron chi connectivity index (χ1n) is 8.04. The normalized spacial score (nSPS) is 20.4. The molecule has 1 aromatic carbocycles. The molecule has 0 radical (unpaired) electrons. The van der Waals surface area contributed by atoms with Gasteiger partial charge in [0.05, 0.1) is 22.6 Å². The van der Waals surface area contributed by atoms with E-state index in [1.165, 1.54) is 7.11 Å². The summed E-state index contributed by atoms with van der Waals surface area (Å²) < 4.78 is 5.11. The average molecular weight is 355 g/mol. The summed E-state index contributed by atoms with van der Waals surface area (Å²) in [4.78, 5) is 24.7. The van der Waals surface area contributed by atoms with Crippen LogP contribution in [0.4, 0.5) is 0 Å². The molecule has 23 heavy (non-hydrogen) atoms. The third-order valence-corrected chi connectivity index (χ3v) is 6.40. The van der Waals surface area contributed by atoms with Crippen LogP contribution in [0.25, 0.3) is 0 Å². The molecule has 1 aromatic rings. The fourth-order valence-electron chi connectivity index (χ4n) is 4.14. The highest BCUT2D eigenvalue weighted by atomic mass is 35.5. The van der Waals surface area contributed by atoms with Crippen molar-refractivity contribution in [1.29, 1.82) is 0 Å². The lowest BCUT2D eigenvalue weighted by molar-refractivity contribution is -0.149. The first-order chi connectivity index (χ1) is 10.9. The van der Waals surface area contributed by atoms with Gasteiger partial charge in [0.25, 0.3) is 0 Å². The number of aryl methyl sites for hydroxylation is 1. The molecule has 0 spiro atoms. The molecule has 1 atom stereocenters. The van der Waals surface area contributed by atoms with E-state index in [4.69, 9.17) is 27.9 Å². The van der Waals surface area contributed by atoms with Gasteiger partial charge in [0.2, 0.25) is 0 Å². The Morgan fingerprint density at radius 1 is 1.22 bits per heavy atom. The van der Waals surface area contributed by atoms with E-state index in [-0.39, 0.29) is 22.7 Å². The minimum absolute atomic E-state index is 0.0269. The third-order valence-electron chi connectivity index (χ3n) is 5.53. The topological polar surface area (TPSA) is 43.4 Å². The van der Waals surface area contributed by atoms with Crippen molar-refractivity contribution < 1.29 is 14.3 Å². The Morgan fingerprint density at radius 3 is 2.48 bits per heavy atom. The first kappa shape index (κ1) is 16.8.